The zero-order chi connectivity index (χ0) is 21.9. The minimum absolute atomic E-state index is 0.0797. The first-order valence-electron chi connectivity index (χ1n) is 9.25. The molecule has 0 spiro atoms. The smallest absolute Gasteiger partial charge is 0.418 e. The molecule has 0 saturated carbocycles. The van der Waals surface area contributed by atoms with Crippen LogP contribution in [0.2, 0.25) is 0 Å². The van der Waals surface area contributed by atoms with E-state index in [0.717, 1.165) is 11.6 Å². The lowest BCUT2D eigenvalue weighted by molar-refractivity contribution is -0.140. The van der Waals surface area contributed by atoms with Gasteiger partial charge in [0.1, 0.15) is 5.82 Å². The molecule has 2 heterocycles. The van der Waals surface area contributed by atoms with E-state index in [1.807, 2.05) is 35.2 Å². The van der Waals surface area contributed by atoms with E-state index in [2.05, 4.69) is 4.98 Å². The molecule has 1 aliphatic heterocycles. The van der Waals surface area contributed by atoms with Crippen molar-refractivity contribution in [1.29, 1.82) is 0 Å². The molecule has 1 unspecified atom stereocenters. The third kappa shape index (κ3) is 5.24. The summed E-state index contributed by atoms with van der Waals surface area (Å²) in [7, 11) is 0. The number of hydrogen-bond donors (Lipinski definition) is 1. The first-order chi connectivity index (χ1) is 14.1. The highest BCUT2D eigenvalue weighted by molar-refractivity contribution is 5.68. The summed E-state index contributed by atoms with van der Waals surface area (Å²) in [6, 6.07) is 9.63. The Kier molecular flexibility index (Phi) is 6.55. The Labute approximate surface area is 169 Å². The quantitative estimate of drug-likeness (QED) is 0.698. The van der Waals surface area contributed by atoms with Crippen molar-refractivity contribution in [2.45, 2.75) is 31.6 Å². The van der Waals surface area contributed by atoms with Crippen LogP contribution < -0.4 is 4.90 Å². The number of carboxylic acids is 1. The van der Waals surface area contributed by atoms with E-state index in [0.29, 0.717) is 25.8 Å². The highest BCUT2D eigenvalue weighted by Gasteiger charge is 2.38. The summed E-state index contributed by atoms with van der Waals surface area (Å²) in [4.78, 5) is 18.6. The number of pyridine rings is 1. The van der Waals surface area contributed by atoms with Crippen molar-refractivity contribution in [2.75, 3.05) is 24.5 Å². The van der Waals surface area contributed by atoms with E-state index >= 15 is 0 Å². The average molecular weight is 429 g/mol. The zero-order valence-corrected chi connectivity index (χ0v) is 15.8. The summed E-state index contributed by atoms with van der Waals surface area (Å²) in [5.74, 6) is -1.17. The standard InChI is InChI=1S/C20H20F5N3O2/c21-19(22)15-9-17(26-10-16(15)20(23,24)25)28-7-6-27(12-14(28)8-18(29)30)11-13-4-2-1-3-5-13/h1-5,9-10,14,19H,6-8,11-12H2,(H,29,30). The van der Waals surface area contributed by atoms with Crippen LogP contribution in [0, 0.1) is 0 Å². The number of aliphatic carboxylic acids is 1. The Bertz CT molecular complexity index is 876. The lowest BCUT2D eigenvalue weighted by atomic mass is 10.1. The Morgan fingerprint density at radius 1 is 1.20 bits per heavy atom. The first kappa shape index (κ1) is 21.9. The SMILES string of the molecule is O=C(O)CC1CN(Cc2ccccc2)CCN1c1cc(C(F)F)c(C(F)(F)F)cn1. The van der Waals surface area contributed by atoms with Gasteiger partial charge in [-0.15, -0.1) is 0 Å². The van der Waals surface area contributed by atoms with Crippen LogP contribution in [0.1, 0.15) is 29.5 Å². The van der Waals surface area contributed by atoms with E-state index in [9.17, 15) is 31.9 Å². The molecule has 0 aliphatic carbocycles. The monoisotopic (exact) mass is 429 g/mol. The zero-order valence-electron chi connectivity index (χ0n) is 15.8. The third-order valence-electron chi connectivity index (χ3n) is 4.98. The molecule has 1 atom stereocenters. The van der Waals surface area contributed by atoms with Gasteiger partial charge in [-0.3, -0.25) is 9.69 Å². The maximum absolute atomic E-state index is 13.3. The van der Waals surface area contributed by atoms with Crippen molar-refractivity contribution >= 4 is 11.8 Å². The van der Waals surface area contributed by atoms with Crippen LogP contribution in [0.15, 0.2) is 42.6 Å². The van der Waals surface area contributed by atoms with Crippen molar-refractivity contribution in [1.82, 2.24) is 9.88 Å². The molecule has 1 aromatic heterocycles. The molecule has 1 fully saturated rings. The fourth-order valence-electron chi connectivity index (χ4n) is 3.62. The Hall–Kier alpha value is -2.75. The highest BCUT2D eigenvalue weighted by atomic mass is 19.4. The molecular weight excluding hydrogens is 409 g/mol. The van der Waals surface area contributed by atoms with Gasteiger partial charge in [0.15, 0.2) is 0 Å². The number of aromatic nitrogens is 1. The average Bonchev–Trinajstić information content (AvgIpc) is 2.67. The summed E-state index contributed by atoms with van der Waals surface area (Å²) < 4.78 is 65.6. The van der Waals surface area contributed by atoms with Gasteiger partial charge in [0, 0.05) is 37.9 Å². The Morgan fingerprint density at radius 2 is 1.90 bits per heavy atom. The number of halogens is 5. The molecule has 162 valence electrons. The molecule has 1 aliphatic rings. The number of hydrogen-bond acceptors (Lipinski definition) is 4. The maximum atomic E-state index is 13.3. The molecule has 2 aromatic rings. The van der Waals surface area contributed by atoms with Gasteiger partial charge in [0.25, 0.3) is 6.43 Å². The molecule has 3 rings (SSSR count). The minimum atomic E-state index is -4.95. The summed E-state index contributed by atoms with van der Waals surface area (Å²) >= 11 is 0. The fraction of sp³-hybridized carbons (Fsp3) is 0.400. The molecule has 5 nitrogen and oxygen atoms in total. The number of benzene rings is 1. The predicted octanol–water partition coefficient (Wildman–Crippen LogP) is 4.20. The molecule has 0 bridgehead atoms. The van der Waals surface area contributed by atoms with Crippen LogP contribution in [0.4, 0.5) is 27.8 Å². The molecule has 30 heavy (non-hydrogen) atoms. The van der Waals surface area contributed by atoms with Crippen molar-refractivity contribution in [3.63, 3.8) is 0 Å². The van der Waals surface area contributed by atoms with Gasteiger partial charge in [0.2, 0.25) is 0 Å². The number of nitrogens with zero attached hydrogens (tertiary/aromatic N) is 3. The van der Waals surface area contributed by atoms with Crippen molar-refractivity contribution in [3.8, 4) is 0 Å². The van der Waals surface area contributed by atoms with Gasteiger partial charge >= 0.3 is 12.1 Å². The summed E-state index contributed by atoms with van der Waals surface area (Å²) in [6.45, 7) is 1.63. The highest BCUT2D eigenvalue weighted by Crippen LogP contribution is 2.37. The number of rotatable bonds is 6. The molecule has 1 aromatic carbocycles. The second-order valence-corrected chi connectivity index (χ2v) is 7.09. The van der Waals surface area contributed by atoms with Crippen molar-refractivity contribution in [2.24, 2.45) is 0 Å². The summed E-state index contributed by atoms with van der Waals surface area (Å²) in [5, 5.41) is 9.27. The van der Waals surface area contributed by atoms with E-state index in [1.54, 1.807) is 0 Å². The van der Waals surface area contributed by atoms with Crippen molar-refractivity contribution in [3.05, 3.63) is 59.3 Å². The van der Waals surface area contributed by atoms with Crippen LogP contribution in [0.3, 0.4) is 0 Å². The lowest BCUT2D eigenvalue weighted by Crippen LogP contribution is -2.54. The second kappa shape index (κ2) is 8.95. The third-order valence-corrected chi connectivity index (χ3v) is 4.98. The van der Waals surface area contributed by atoms with Gasteiger partial charge in [-0.2, -0.15) is 13.2 Å². The Balaban J connectivity index is 1.85. The molecule has 1 saturated heterocycles. The van der Waals surface area contributed by atoms with Gasteiger partial charge < -0.3 is 10.0 Å². The van der Waals surface area contributed by atoms with Crippen LogP contribution in [0.25, 0.3) is 0 Å². The topological polar surface area (TPSA) is 56.7 Å². The van der Waals surface area contributed by atoms with Crippen LogP contribution >= 0.6 is 0 Å². The van der Waals surface area contributed by atoms with Gasteiger partial charge in [-0.1, -0.05) is 30.3 Å². The molecule has 0 amide bonds. The first-order valence-corrected chi connectivity index (χ1v) is 9.25. The normalized spacial score (nSPS) is 18.1. The van der Waals surface area contributed by atoms with E-state index in [1.165, 1.54) is 4.90 Å². The molecular formula is C20H20F5N3O2. The van der Waals surface area contributed by atoms with Crippen molar-refractivity contribution < 1.29 is 31.9 Å². The van der Waals surface area contributed by atoms with Crippen LogP contribution in [-0.4, -0.2) is 46.6 Å². The number of alkyl halides is 5. The largest absolute Gasteiger partial charge is 0.481 e. The molecule has 10 heteroatoms. The Morgan fingerprint density at radius 3 is 2.50 bits per heavy atom. The van der Waals surface area contributed by atoms with Gasteiger partial charge in [-0.05, 0) is 11.6 Å². The van der Waals surface area contributed by atoms with E-state index in [-0.39, 0.29) is 18.8 Å². The number of carboxylic acid groups (broad SMARTS) is 1. The predicted molar refractivity (Wildman–Crippen MR) is 99.3 cm³/mol. The molecule has 1 N–H and O–H groups in total. The van der Waals surface area contributed by atoms with E-state index in [4.69, 9.17) is 0 Å². The lowest BCUT2D eigenvalue weighted by Gasteiger charge is -2.42. The van der Waals surface area contributed by atoms with Crippen LogP contribution in [0.5, 0.6) is 0 Å². The minimum Gasteiger partial charge on any atom is -0.481 e. The second-order valence-electron chi connectivity index (χ2n) is 7.09. The summed E-state index contributed by atoms with van der Waals surface area (Å²) in [6.07, 6.45) is -8.18. The molecule has 0 radical (unpaired) electrons. The van der Waals surface area contributed by atoms with E-state index < -0.39 is 35.7 Å². The number of carbonyl (C=O) groups is 1. The number of anilines is 1. The van der Waals surface area contributed by atoms with Gasteiger partial charge in [-0.25, -0.2) is 13.8 Å². The maximum Gasteiger partial charge on any atom is 0.418 e. The van der Waals surface area contributed by atoms with Crippen LogP contribution in [-0.2, 0) is 17.5 Å². The fourth-order valence-corrected chi connectivity index (χ4v) is 3.62. The van der Waals surface area contributed by atoms with Gasteiger partial charge in [0.05, 0.1) is 18.0 Å². The number of piperazine rings is 1. The summed E-state index contributed by atoms with van der Waals surface area (Å²) in [5.41, 5.74) is -1.61.